The summed E-state index contributed by atoms with van der Waals surface area (Å²) in [4.78, 5) is 11.5. The summed E-state index contributed by atoms with van der Waals surface area (Å²) in [5.41, 5.74) is 0. The molecule has 0 radical (unpaired) electrons. The zero-order valence-electron chi connectivity index (χ0n) is 10.4. The third-order valence-electron chi connectivity index (χ3n) is 3.84. The number of carbonyl (C=O) groups is 1. The van der Waals surface area contributed by atoms with Crippen LogP contribution in [0.5, 0.6) is 0 Å². The van der Waals surface area contributed by atoms with Gasteiger partial charge in [-0.3, -0.25) is 4.79 Å². The van der Waals surface area contributed by atoms with Gasteiger partial charge in [-0.05, 0) is 36.1 Å². The van der Waals surface area contributed by atoms with E-state index in [0.717, 1.165) is 24.4 Å². The second-order valence-corrected chi connectivity index (χ2v) is 6.49. The van der Waals surface area contributed by atoms with E-state index < -0.39 is 0 Å². The minimum atomic E-state index is 0.373. The first kappa shape index (κ1) is 12.1. The molecule has 98 valence electrons. The highest BCUT2D eigenvalue weighted by atomic mass is 32.2. The number of tetrazole rings is 1. The van der Waals surface area contributed by atoms with Gasteiger partial charge in [0.05, 0.1) is 6.04 Å². The number of thioether (sulfide) groups is 1. The number of nitrogens with zero attached hydrogens (tertiary/aromatic N) is 4. The fourth-order valence-electron chi connectivity index (χ4n) is 2.88. The Morgan fingerprint density at radius 1 is 1.17 bits per heavy atom. The van der Waals surface area contributed by atoms with Crippen molar-refractivity contribution >= 4 is 17.5 Å². The first-order chi connectivity index (χ1) is 8.83. The van der Waals surface area contributed by atoms with Gasteiger partial charge in [0.2, 0.25) is 5.16 Å². The number of carbonyl (C=O) groups excluding carboxylic acids is 1. The van der Waals surface area contributed by atoms with Crippen molar-refractivity contribution in [3.05, 3.63) is 0 Å². The molecule has 6 heteroatoms. The minimum absolute atomic E-state index is 0.373. The molecule has 1 atom stereocenters. The van der Waals surface area contributed by atoms with Crippen LogP contribution in [0.15, 0.2) is 5.16 Å². The molecule has 0 saturated heterocycles. The molecule has 5 nitrogen and oxygen atoms in total. The molecule has 2 aliphatic rings. The van der Waals surface area contributed by atoms with Crippen LogP contribution >= 0.6 is 11.8 Å². The molecule has 1 aromatic rings. The maximum absolute atomic E-state index is 11.5. The monoisotopic (exact) mass is 266 g/mol. The van der Waals surface area contributed by atoms with Gasteiger partial charge in [-0.1, -0.05) is 24.6 Å². The van der Waals surface area contributed by atoms with E-state index in [4.69, 9.17) is 0 Å². The summed E-state index contributed by atoms with van der Waals surface area (Å²) in [6.45, 7) is 0. The van der Waals surface area contributed by atoms with E-state index in [9.17, 15) is 4.79 Å². The van der Waals surface area contributed by atoms with Crippen LogP contribution in [0.25, 0.3) is 0 Å². The lowest BCUT2D eigenvalue weighted by Crippen LogP contribution is -2.18. The number of rotatable bonds is 3. The van der Waals surface area contributed by atoms with Crippen LogP contribution in [0.2, 0.25) is 0 Å². The summed E-state index contributed by atoms with van der Waals surface area (Å²) in [7, 11) is 0. The maximum atomic E-state index is 11.5. The largest absolute Gasteiger partial charge is 0.300 e. The summed E-state index contributed by atoms with van der Waals surface area (Å²) < 4.78 is 1.98. The topological polar surface area (TPSA) is 60.7 Å². The Balaban J connectivity index is 1.68. The fourth-order valence-corrected chi connectivity index (χ4v) is 4.10. The van der Waals surface area contributed by atoms with Crippen LogP contribution in [0.3, 0.4) is 0 Å². The molecule has 3 rings (SSSR count). The summed E-state index contributed by atoms with van der Waals surface area (Å²) in [5, 5.41) is 13.4. The summed E-state index contributed by atoms with van der Waals surface area (Å²) in [6.07, 6.45) is 8.47. The van der Waals surface area contributed by atoms with E-state index >= 15 is 0 Å². The predicted molar refractivity (Wildman–Crippen MR) is 68.4 cm³/mol. The molecule has 0 bridgehead atoms. The van der Waals surface area contributed by atoms with E-state index in [2.05, 4.69) is 15.5 Å². The number of Topliss-reactive ketones (excluding diaryl/α,β-unsaturated/α-hetero) is 1. The molecule has 0 N–H and O–H groups in total. The normalized spacial score (nSPS) is 25.8. The fraction of sp³-hybridized carbons (Fsp3) is 0.833. The molecule has 0 amide bonds. The lowest BCUT2D eigenvalue weighted by molar-refractivity contribution is -0.120. The molecule has 0 aromatic carbocycles. The SMILES string of the molecule is O=C1CCCC(Sc2nnnn2C2CCCC2)C1. The first-order valence-corrected chi connectivity index (χ1v) is 7.67. The Bertz CT molecular complexity index is 427. The summed E-state index contributed by atoms with van der Waals surface area (Å²) in [6, 6.07) is 0.474. The predicted octanol–water partition coefficient (Wildman–Crippen LogP) is 2.39. The third kappa shape index (κ3) is 2.58. The van der Waals surface area contributed by atoms with Crippen molar-refractivity contribution in [3.8, 4) is 0 Å². The van der Waals surface area contributed by atoms with Gasteiger partial charge in [0.25, 0.3) is 0 Å². The zero-order chi connectivity index (χ0) is 12.4. The van der Waals surface area contributed by atoms with Crippen molar-refractivity contribution in [2.24, 2.45) is 0 Å². The second-order valence-electron chi connectivity index (χ2n) is 5.22. The number of ketones is 1. The van der Waals surface area contributed by atoms with E-state index in [1.807, 2.05) is 4.68 Å². The molecule has 1 heterocycles. The lowest BCUT2D eigenvalue weighted by Gasteiger charge is -2.20. The van der Waals surface area contributed by atoms with Crippen molar-refractivity contribution < 1.29 is 4.79 Å². The van der Waals surface area contributed by atoms with Crippen LogP contribution in [0, 0.1) is 0 Å². The maximum Gasteiger partial charge on any atom is 0.209 e. The molecule has 18 heavy (non-hydrogen) atoms. The van der Waals surface area contributed by atoms with E-state index in [1.54, 1.807) is 11.8 Å². The van der Waals surface area contributed by atoms with E-state index in [-0.39, 0.29) is 0 Å². The van der Waals surface area contributed by atoms with Gasteiger partial charge >= 0.3 is 0 Å². The van der Waals surface area contributed by atoms with Crippen molar-refractivity contribution in [2.45, 2.75) is 67.8 Å². The quantitative estimate of drug-likeness (QED) is 0.840. The smallest absolute Gasteiger partial charge is 0.209 e. The third-order valence-corrected chi connectivity index (χ3v) is 5.06. The molecular formula is C12H18N4OS. The lowest BCUT2D eigenvalue weighted by atomic mass is 9.99. The van der Waals surface area contributed by atoms with Crippen LogP contribution in [0.4, 0.5) is 0 Å². The van der Waals surface area contributed by atoms with Crippen LogP contribution < -0.4 is 0 Å². The average Bonchev–Trinajstić information content (AvgIpc) is 2.98. The van der Waals surface area contributed by atoms with Gasteiger partial charge in [-0.2, -0.15) is 0 Å². The van der Waals surface area contributed by atoms with E-state index in [0.29, 0.717) is 23.5 Å². The van der Waals surface area contributed by atoms with Crippen molar-refractivity contribution in [1.29, 1.82) is 0 Å². The highest BCUT2D eigenvalue weighted by molar-refractivity contribution is 7.99. The highest BCUT2D eigenvalue weighted by Gasteiger charge is 2.26. The first-order valence-electron chi connectivity index (χ1n) is 6.79. The van der Waals surface area contributed by atoms with Crippen molar-refractivity contribution in [3.63, 3.8) is 0 Å². The number of hydrogen-bond acceptors (Lipinski definition) is 5. The summed E-state index contributed by atoms with van der Waals surface area (Å²) >= 11 is 1.69. The zero-order valence-corrected chi connectivity index (χ0v) is 11.2. The van der Waals surface area contributed by atoms with Crippen LogP contribution in [-0.4, -0.2) is 31.2 Å². The molecule has 2 aliphatic carbocycles. The average molecular weight is 266 g/mol. The van der Waals surface area contributed by atoms with Crippen LogP contribution in [0.1, 0.15) is 57.4 Å². The van der Waals surface area contributed by atoms with Crippen molar-refractivity contribution in [2.75, 3.05) is 0 Å². The Kier molecular flexibility index (Phi) is 3.63. The van der Waals surface area contributed by atoms with Gasteiger partial charge in [0.1, 0.15) is 5.78 Å². The standard InChI is InChI=1S/C12H18N4OS/c17-10-6-3-7-11(8-10)18-12-13-14-15-16(12)9-4-1-2-5-9/h9,11H,1-8H2. The molecule has 0 aliphatic heterocycles. The van der Waals surface area contributed by atoms with Gasteiger partial charge in [-0.25, -0.2) is 4.68 Å². The Morgan fingerprint density at radius 2 is 2.00 bits per heavy atom. The van der Waals surface area contributed by atoms with Gasteiger partial charge in [0, 0.05) is 18.1 Å². The molecule has 0 spiro atoms. The number of hydrogen-bond donors (Lipinski definition) is 0. The molecule has 1 unspecified atom stereocenters. The minimum Gasteiger partial charge on any atom is -0.300 e. The van der Waals surface area contributed by atoms with Crippen LogP contribution in [-0.2, 0) is 4.79 Å². The number of aromatic nitrogens is 4. The Labute approximate surface area is 111 Å². The van der Waals surface area contributed by atoms with Gasteiger partial charge < -0.3 is 0 Å². The molecular weight excluding hydrogens is 248 g/mol. The van der Waals surface area contributed by atoms with Gasteiger partial charge in [-0.15, -0.1) is 5.10 Å². The highest BCUT2D eigenvalue weighted by Crippen LogP contribution is 2.35. The second kappa shape index (κ2) is 5.38. The van der Waals surface area contributed by atoms with Crippen molar-refractivity contribution in [1.82, 2.24) is 20.2 Å². The Hall–Kier alpha value is -0.910. The molecule has 1 aromatic heterocycles. The van der Waals surface area contributed by atoms with Gasteiger partial charge in [0.15, 0.2) is 0 Å². The Morgan fingerprint density at radius 3 is 2.78 bits per heavy atom. The molecule has 2 fully saturated rings. The molecule has 2 saturated carbocycles. The summed E-state index contributed by atoms with van der Waals surface area (Å²) in [5.74, 6) is 0.388. The van der Waals surface area contributed by atoms with E-state index in [1.165, 1.54) is 25.7 Å².